The summed E-state index contributed by atoms with van der Waals surface area (Å²) >= 11 is 0. The van der Waals surface area contributed by atoms with Crippen molar-refractivity contribution in [1.82, 2.24) is 5.32 Å². The van der Waals surface area contributed by atoms with E-state index < -0.39 is 37.1 Å². The van der Waals surface area contributed by atoms with Gasteiger partial charge >= 0.3 is 6.09 Å². The van der Waals surface area contributed by atoms with Crippen LogP contribution in [0.4, 0.5) is 4.79 Å². The molecule has 1 heterocycles. The molecular weight excluding hydrogens is 266 g/mol. The number of rotatable bonds is 3. The minimum absolute atomic E-state index is 0.0205. The Kier molecular flexibility index (Phi) is 4.91. The summed E-state index contributed by atoms with van der Waals surface area (Å²) < 4.78 is 10.1. The maximum Gasteiger partial charge on any atom is 0.412 e. The summed E-state index contributed by atoms with van der Waals surface area (Å²) in [6, 6.07) is 7.65. The van der Waals surface area contributed by atoms with Crippen molar-refractivity contribution < 1.29 is 29.6 Å². The molecule has 1 unspecified atom stereocenters. The number of amides is 1. The summed E-state index contributed by atoms with van der Waals surface area (Å²) in [5.74, 6) is 0.366. The van der Waals surface area contributed by atoms with E-state index in [0.29, 0.717) is 5.75 Å². The summed E-state index contributed by atoms with van der Waals surface area (Å²) in [5, 5.41) is 30.9. The molecule has 4 N–H and O–H groups in total. The van der Waals surface area contributed by atoms with Gasteiger partial charge in [0.25, 0.3) is 0 Å². The third kappa shape index (κ3) is 3.45. The normalized spacial score (nSPS) is 29.8. The fourth-order valence-electron chi connectivity index (χ4n) is 1.95. The average Bonchev–Trinajstić information content (AvgIpc) is 2.45. The van der Waals surface area contributed by atoms with Crippen molar-refractivity contribution in [2.75, 3.05) is 13.2 Å². The van der Waals surface area contributed by atoms with Gasteiger partial charge in [0.05, 0.1) is 19.3 Å². The van der Waals surface area contributed by atoms with Gasteiger partial charge in [-0.1, -0.05) is 18.2 Å². The van der Waals surface area contributed by atoms with Crippen LogP contribution in [0.25, 0.3) is 0 Å². The summed E-state index contributed by atoms with van der Waals surface area (Å²) in [4.78, 5) is 11.7. The van der Waals surface area contributed by atoms with E-state index in [9.17, 15) is 15.0 Å². The van der Waals surface area contributed by atoms with Crippen LogP contribution in [0.2, 0.25) is 0 Å². The quantitative estimate of drug-likeness (QED) is 0.582. The van der Waals surface area contributed by atoms with Crippen molar-refractivity contribution in [3.8, 4) is 5.75 Å². The van der Waals surface area contributed by atoms with Gasteiger partial charge in [-0.15, -0.1) is 0 Å². The number of aliphatic hydroxyl groups is 3. The van der Waals surface area contributed by atoms with Gasteiger partial charge in [-0.05, 0) is 12.1 Å². The van der Waals surface area contributed by atoms with Crippen LogP contribution in [0.3, 0.4) is 0 Å². The molecule has 0 saturated carbocycles. The van der Waals surface area contributed by atoms with Crippen LogP contribution in [0, 0.1) is 0 Å². The Labute approximate surface area is 115 Å². The molecule has 1 fully saturated rings. The molecule has 1 aromatic rings. The molecule has 1 aromatic carbocycles. The lowest BCUT2D eigenvalue weighted by atomic mass is 9.99. The van der Waals surface area contributed by atoms with Crippen LogP contribution in [0.5, 0.6) is 5.75 Å². The fourth-order valence-corrected chi connectivity index (χ4v) is 1.95. The Morgan fingerprint density at radius 1 is 1.30 bits per heavy atom. The molecule has 1 aliphatic heterocycles. The standard InChI is InChI=1S/C13H17NO6/c15-6-10-12(17)11(16)9(7-19-10)14-13(18)20-8-4-2-1-3-5-8/h1-5,9-12,15-17H,6-7H2,(H,14,18)/t9-,10?,11+,12-/m0/s1. The highest BCUT2D eigenvalue weighted by Crippen LogP contribution is 2.16. The zero-order chi connectivity index (χ0) is 14.5. The first-order chi connectivity index (χ1) is 9.61. The third-order valence-corrected chi connectivity index (χ3v) is 3.07. The molecule has 20 heavy (non-hydrogen) atoms. The van der Waals surface area contributed by atoms with Gasteiger partial charge in [-0.2, -0.15) is 0 Å². The smallest absolute Gasteiger partial charge is 0.410 e. The molecule has 0 aliphatic carbocycles. The summed E-state index contributed by atoms with van der Waals surface area (Å²) in [6.45, 7) is -0.424. The van der Waals surface area contributed by atoms with E-state index in [4.69, 9.17) is 14.6 Å². The Bertz CT molecular complexity index is 440. The van der Waals surface area contributed by atoms with Crippen molar-refractivity contribution in [2.24, 2.45) is 0 Å². The number of carbonyl (C=O) groups excluding carboxylic acids is 1. The van der Waals surface area contributed by atoms with Crippen molar-refractivity contribution in [1.29, 1.82) is 0 Å². The maximum absolute atomic E-state index is 11.7. The van der Waals surface area contributed by atoms with Crippen LogP contribution in [-0.4, -0.2) is 59.0 Å². The summed E-state index contributed by atoms with van der Waals surface area (Å²) in [7, 11) is 0. The second-order valence-electron chi connectivity index (χ2n) is 4.49. The highest BCUT2D eigenvalue weighted by molar-refractivity contribution is 5.70. The van der Waals surface area contributed by atoms with Gasteiger partial charge in [0.15, 0.2) is 0 Å². The Morgan fingerprint density at radius 2 is 2.00 bits per heavy atom. The molecule has 1 amide bonds. The van der Waals surface area contributed by atoms with E-state index in [-0.39, 0.29) is 6.61 Å². The number of aliphatic hydroxyl groups excluding tert-OH is 3. The predicted molar refractivity (Wildman–Crippen MR) is 68.2 cm³/mol. The minimum Gasteiger partial charge on any atom is -0.410 e. The van der Waals surface area contributed by atoms with E-state index in [1.807, 2.05) is 0 Å². The van der Waals surface area contributed by atoms with Crippen molar-refractivity contribution in [2.45, 2.75) is 24.4 Å². The molecule has 0 bridgehead atoms. The van der Waals surface area contributed by atoms with Gasteiger partial charge in [0.1, 0.15) is 24.1 Å². The van der Waals surface area contributed by atoms with Crippen molar-refractivity contribution >= 4 is 6.09 Å². The predicted octanol–water partition coefficient (Wildman–Crippen LogP) is -0.743. The number of hydrogen-bond acceptors (Lipinski definition) is 6. The van der Waals surface area contributed by atoms with Crippen LogP contribution in [-0.2, 0) is 4.74 Å². The Balaban J connectivity index is 1.88. The SMILES string of the molecule is O=C(N[C@H]1COC(CO)[C@H](O)[C@@H]1O)Oc1ccccc1. The Hall–Kier alpha value is -1.67. The number of benzene rings is 1. The first-order valence-corrected chi connectivity index (χ1v) is 6.24. The van der Waals surface area contributed by atoms with E-state index >= 15 is 0 Å². The lowest BCUT2D eigenvalue weighted by molar-refractivity contribution is -0.160. The summed E-state index contributed by atoms with van der Waals surface area (Å²) in [6.07, 6.45) is -4.10. The van der Waals surface area contributed by atoms with Gasteiger partial charge in [-0.25, -0.2) is 4.79 Å². The van der Waals surface area contributed by atoms with Gasteiger partial charge in [0, 0.05) is 0 Å². The number of carbonyl (C=O) groups is 1. The second kappa shape index (κ2) is 6.67. The van der Waals surface area contributed by atoms with Crippen LogP contribution >= 0.6 is 0 Å². The molecule has 0 radical (unpaired) electrons. The summed E-state index contributed by atoms with van der Waals surface area (Å²) in [5.41, 5.74) is 0. The van der Waals surface area contributed by atoms with E-state index in [1.165, 1.54) is 0 Å². The average molecular weight is 283 g/mol. The largest absolute Gasteiger partial charge is 0.412 e. The molecular formula is C13H17NO6. The van der Waals surface area contributed by atoms with Crippen LogP contribution in [0.15, 0.2) is 30.3 Å². The molecule has 110 valence electrons. The molecule has 1 aliphatic rings. The molecule has 2 rings (SSSR count). The first kappa shape index (κ1) is 14.7. The molecule has 4 atom stereocenters. The number of nitrogens with one attached hydrogen (secondary N) is 1. The first-order valence-electron chi connectivity index (χ1n) is 6.24. The number of para-hydroxylation sites is 1. The second-order valence-corrected chi connectivity index (χ2v) is 4.49. The van der Waals surface area contributed by atoms with Gasteiger partial charge in [0.2, 0.25) is 0 Å². The van der Waals surface area contributed by atoms with Crippen molar-refractivity contribution in [3.05, 3.63) is 30.3 Å². The number of hydrogen-bond donors (Lipinski definition) is 4. The molecule has 7 heteroatoms. The van der Waals surface area contributed by atoms with E-state index in [1.54, 1.807) is 30.3 Å². The van der Waals surface area contributed by atoms with E-state index in [0.717, 1.165) is 0 Å². The zero-order valence-corrected chi connectivity index (χ0v) is 10.7. The lowest BCUT2D eigenvalue weighted by Crippen LogP contribution is -2.60. The van der Waals surface area contributed by atoms with Gasteiger partial charge < -0.3 is 30.1 Å². The van der Waals surface area contributed by atoms with Gasteiger partial charge in [-0.3, -0.25) is 0 Å². The Morgan fingerprint density at radius 3 is 2.65 bits per heavy atom. The minimum atomic E-state index is -1.27. The number of ether oxygens (including phenoxy) is 2. The molecule has 1 saturated heterocycles. The lowest BCUT2D eigenvalue weighted by Gasteiger charge is -2.36. The molecule has 7 nitrogen and oxygen atoms in total. The maximum atomic E-state index is 11.7. The van der Waals surface area contributed by atoms with Crippen LogP contribution in [0.1, 0.15) is 0 Å². The van der Waals surface area contributed by atoms with Crippen LogP contribution < -0.4 is 10.1 Å². The monoisotopic (exact) mass is 283 g/mol. The highest BCUT2D eigenvalue weighted by atomic mass is 16.6. The molecule has 0 spiro atoms. The molecule has 0 aromatic heterocycles. The fraction of sp³-hybridized carbons (Fsp3) is 0.462. The zero-order valence-electron chi connectivity index (χ0n) is 10.7. The highest BCUT2D eigenvalue weighted by Gasteiger charge is 2.38. The van der Waals surface area contributed by atoms with Crippen molar-refractivity contribution in [3.63, 3.8) is 0 Å². The van der Waals surface area contributed by atoms with E-state index in [2.05, 4.69) is 5.32 Å². The topological polar surface area (TPSA) is 108 Å². The third-order valence-electron chi connectivity index (χ3n) is 3.07.